The van der Waals surface area contributed by atoms with E-state index in [-0.39, 0.29) is 0 Å². The number of hydrogen-bond acceptors (Lipinski definition) is 0. The second-order valence-electron chi connectivity index (χ2n) is 26.7. The van der Waals surface area contributed by atoms with Crippen molar-refractivity contribution in [3.63, 3.8) is 0 Å². The van der Waals surface area contributed by atoms with Gasteiger partial charge in [0.2, 0.25) is 0 Å². The van der Waals surface area contributed by atoms with Crippen LogP contribution in [0.25, 0.3) is 129 Å². The van der Waals surface area contributed by atoms with Gasteiger partial charge in [-0.25, -0.2) is 0 Å². The molecule has 0 fully saturated rings. The van der Waals surface area contributed by atoms with E-state index in [1.54, 1.807) is 0 Å². The molecular weight excluding hydrogens is 1150 g/mol. The smallest absolute Gasteiger partial charge is 0.0146 e. The predicted molar refractivity (Wildman–Crippen MR) is 426 cm³/mol. The quantitative estimate of drug-likeness (QED) is 0.133. The molecule has 0 saturated heterocycles. The summed E-state index contributed by atoms with van der Waals surface area (Å²) in [5.41, 5.74) is 16.2. The summed E-state index contributed by atoms with van der Waals surface area (Å²) in [5.74, 6) is 0. The third-order valence-electron chi connectivity index (χ3n) is 19.8. The van der Waals surface area contributed by atoms with Crippen LogP contribution in [0.4, 0.5) is 0 Å². The Morgan fingerprint density at radius 1 is 0.125 bits per heavy atom. The van der Waals surface area contributed by atoms with Gasteiger partial charge in [0.1, 0.15) is 0 Å². The number of benzene rings is 18. The third kappa shape index (κ3) is 13.3. The highest BCUT2D eigenvalue weighted by atomic mass is 14.1. The van der Waals surface area contributed by atoms with Gasteiger partial charge in [0.25, 0.3) is 0 Å². The van der Waals surface area contributed by atoms with Crippen molar-refractivity contribution >= 4 is 129 Å². The molecular formula is C96H84. The number of rotatable bonds is 0. The van der Waals surface area contributed by atoms with Gasteiger partial charge >= 0.3 is 0 Å². The van der Waals surface area contributed by atoms with Gasteiger partial charge in [-0.2, -0.15) is 0 Å². The Kier molecular flexibility index (Phi) is 18.3. The van der Waals surface area contributed by atoms with Crippen molar-refractivity contribution in [2.45, 2.75) is 83.1 Å². The van der Waals surface area contributed by atoms with Crippen LogP contribution in [0, 0.1) is 83.1 Å². The first kappa shape index (κ1) is 63.8. The Hall–Kier alpha value is -10.9. The van der Waals surface area contributed by atoms with Crippen molar-refractivity contribution in [1.82, 2.24) is 0 Å². The lowest BCUT2D eigenvalue weighted by Gasteiger charge is -2.09. The maximum Gasteiger partial charge on any atom is -0.0146 e. The van der Waals surface area contributed by atoms with E-state index in [9.17, 15) is 0 Å². The minimum absolute atomic E-state index is 1.32. The maximum absolute atomic E-state index is 2.30. The highest BCUT2D eigenvalue weighted by Crippen LogP contribution is 2.34. The lowest BCUT2D eigenvalue weighted by molar-refractivity contribution is 1.49. The van der Waals surface area contributed by atoms with Gasteiger partial charge in [-0.3, -0.25) is 0 Å². The number of aryl methyl sites for hydroxylation is 12. The van der Waals surface area contributed by atoms with Crippen LogP contribution in [0.2, 0.25) is 0 Å². The Morgan fingerprint density at radius 2 is 0.354 bits per heavy atom. The minimum atomic E-state index is 1.32. The summed E-state index contributed by atoms with van der Waals surface area (Å²) in [5, 5.41) is 32.4. The molecule has 0 spiro atoms. The Morgan fingerprint density at radius 3 is 0.740 bits per heavy atom. The van der Waals surface area contributed by atoms with E-state index in [0.717, 1.165) is 0 Å². The van der Waals surface area contributed by atoms with Crippen LogP contribution in [0.3, 0.4) is 0 Å². The molecule has 0 aliphatic heterocycles. The average Bonchev–Trinajstić information content (AvgIpc) is 0.796. The van der Waals surface area contributed by atoms with Crippen LogP contribution >= 0.6 is 0 Å². The van der Waals surface area contributed by atoms with E-state index in [2.05, 4.69) is 374 Å². The summed E-state index contributed by atoms with van der Waals surface area (Å²) in [4.78, 5) is 0. The van der Waals surface area contributed by atoms with E-state index < -0.39 is 0 Å². The van der Waals surface area contributed by atoms with Crippen LogP contribution in [-0.4, -0.2) is 0 Å². The molecule has 0 N–H and O–H groups in total. The fraction of sp³-hybridized carbons (Fsp3) is 0.125. The van der Waals surface area contributed by atoms with Crippen molar-refractivity contribution in [3.05, 3.63) is 358 Å². The van der Waals surface area contributed by atoms with Crippen LogP contribution in [0.1, 0.15) is 66.8 Å². The summed E-state index contributed by atoms with van der Waals surface area (Å²) in [6, 6.07) is 105. The predicted octanol–water partition coefficient (Wildman–Crippen LogP) is 27.7. The van der Waals surface area contributed by atoms with Crippen molar-refractivity contribution in [3.8, 4) is 0 Å². The molecule has 96 heavy (non-hydrogen) atoms. The van der Waals surface area contributed by atoms with Crippen molar-refractivity contribution < 1.29 is 0 Å². The average molecular weight is 1240 g/mol. The molecule has 0 saturated carbocycles. The van der Waals surface area contributed by atoms with E-state index >= 15 is 0 Å². The first-order chi connectivity index (χ1) is 46.5. The number of fused-ring (bicyclic) bond motifs is 12. The molecule has 0 aliphatic carbocycles. The molecule has 0 aliphatic rings. The van der Waals surface area contributed by atoms with E-state index in [0.29, 0.717) is 0 Å². The van der Waals surface area contributed by atoms with Gasteiger partial charge in [0, 0.05) is 0 Å². The van der Waals surface area contributed by atoms with Gasteiger partial charge in [0.15, 0.2) is 0 Å². The molecule has 18 aromatic rings. The SMILES string of the molecule is Cc1ccc2c(C)c3ccccc3cc2c1.Cc1ccc2cc3c(C)cccc3cc2c1.Cc1ccc2cc3c(C)cccc3cc2c1.Cc1cccc2c(C)c3ccccc3cc12.Cc1cccc2c(C)c3ccccc3cc12.Cc1cccc2cc3c(C)cccc3cc12. The molecule has 0 heterocycles. The molecule has 0 nitrogen and oxygen atoms in total. The van der Waals surface area contributed by atoms with E-state index in [4.69, 9.17) is 0 Å². The summed E-state index contributed by atoms with van der Waals surface area (Å²) in [7, 11) is 0. The molecule has 0 atom stereocenters. The monoisotopic (exact) mass is 1240 g/mol. The molecule has 18 rings (SSSR count). The van der Waals surface area contributed by atoms with Gasteiger partial charge in [-0.15, -0.1) is 0 Å². The fourth-order valence-corrected chi connectivity index (χ4v) is 14.3. The van der Waals surface area contributed by atoms with Crippen molar-refractivity contribution in [2.24, 2.45) is 0 Å². The second-order valence-corrected chi connectivity index (χ2v) is 26.7. The molecule has 0 radical (unpaired) electrons. The molecule has 0 bridgehead atoms. The second kappa shape index (κ2) is 27.6. The summed E-state index contributed by atoms with van der Waals surface area (Å²) in [6.07, 6.45) is 0. The molecule has 0 unspecified atom stereocenters. The molecule has 0 aromatic heterocycles. The van der Waals surface area contributed by atoms with Crippen LogP contribution in [0.15, 0.2) is 291 Å². The summed E-state index contributed by atoms with van der Waals surface area (Å²) in [6.45, 7) is 26.1. The van der Waals surface area contributed by atoms with Crippen LogP contribution in [-0.2, 0) is 0 Å². The molecule has 0 amide bonds. The maximum atomic E-state index is 2.30. The van der Waals surface area contributed by atoms with Crippen molar-refractivity contribution in [2.75, 3.05) is 0 Å². The largest absolute Gasteiger partial charge is 0.0616 e. The van der Waals surface area contributed by atoms with Gasteiger partial charge < -0.3 is 0 Å². The van der Waals surface area contributed by atoms with Crippen LogP contribution < -0.4 is 0 Å². The number of hydrogen-bond donors (Lipinski definition) is 0. The Labute approximate surface area is 566 Å². The van der Waals surface area contributed by atoms with Crippen molar-refractivity contribution in [1.29, 1.82) is 0 Å². The minimum Gasteiger partial charge on any atom is -0.0616 e. The molecule has 0 heteroatoms. The summed E-state index contributed by atoms with van der Waals surface area (Å²) < 4.78 is 0. The highest BCUT2D eigenvalue weighted by Gasteiger charge is 2.09. The van der Waals surface area contributed by atoms with Gasteiger partial charge in [0.05, 0.1) is 0 Å². The zero-order valence-corrected chi connectivity index (χ0v) is 57.7. The lowest BCUT2D eigenvalue weighted by atomic mass is 9.95. The third-order valence-corrected chi connectivity index (χ3v) is 19.8. The normalized spacial score (nSPS) is 11.1. The van der Waals surface area contributed by atoms with E-state index in [1.807, 2.05) is 0 Å². The first-order valence-electron chi connectivity index (χ1n) is 33.9. The summed E-state index contributed by atoms with van der Waals surface area (Å²) >= 11 is 0. The van der Waals surface area contributed by atoms with Gasteiger partial charge in [-0.05, 0) is 317 Å². The Bertz CT molecular complexity index is 5610. The van der Waals surface area contributed by atoms with Crippen LogP contribution in [0.5, 0.6) is 0 Å². The van der Waals surface area contributed by atoms with E-state index in [1.165, 1.54) is 196 Å². The molecule has 468 valence electrons. The van der Waals surface area contributed by atoms with Gasteiger partial charge in [-0.1, -0.05) is 253 Å². The first-order valence-corrected chi connectivity index (χ1v) is 33.9. The highest BCUT2D eigenvalue weighted by molar-refractivity contribution is 6.07. The zero-order valence-electron chi connectivity index (χ0n) is 57.7. The standard InChI is InChI=1S/6C16H14/c1-11-5-3-7-13-10-16-12(2)6-4-8-14(16)9-15(11)13;2*1-11-6-5-9-15-12(2)14-8-4-3-7-13(14)10-16(11)15;2*1-11-6-7-13-10-16-12(2)4-3-5-14(16)9-15(13)8-11;1-11-7-8-16-12(2)15-6-4-3-5-13(15)10-14(16)9-11/h6*3-10H,1-2H3. The topological polar surface area (TPSA) is 0 Å². The Balaban J connectivity index is 0.000000104. The molecule has 18 aromatic carbocycles. The fourth-order valence-electron chi connectivity index (χ4n) is 14.3. The lowest BCUT2D eigenvalue weighted by Crippen LogP contribution is -1.84. The zero-order chi connectivity index (χ0) is 66.7.